The van der Waals surface area contributed by atoms with Gasteiger partial charge in [0.2, 0.25) is 0 Å². The van der Waals surface area contributed by atoms with Crippen LogP contribution in [0.4, 0.5) is 5.69 Å². The molecule has 0 bridgehead atoms. The van der Waals surface area contributed by atoms with Crippen LogP contribution in [0.15, 0.2) is 22.7 Å². The first-order chi connectivity index (χ1) is 9.06. The summed E-state index contributed by atoms with van der Waals surface area (Å²) >= 11 is 3.54. The lowest BCUT2D eigenvalue weighted by Gasteiger charge is -2.23. The molecule has 0 spiro atoms. The van der Waals surface area contributed by atoms with Crippen molar-refractivity contribution >= 4 is 21.6 Å². The highest BCUT2D eigenvalue weighted by molar-refractivity contribution is 9.10. The Balaban J connectivity index is 2.03. The van der Waals surface area contributed by atoms with E-state index in [2.05, 4.69) is 51.4 Å². The Labute approximate surface area is 124 Å². The van der Waals surface area contributed by atoms with Gasteiger partial charge >= 0.3 is 0 Å². The highest BCUT2D eigenvalue weighted by Crippen LogP contribution is 2.26. The van der Waals surface area contributed by atoms with Gasteiger partial charge in [-0.05, 0) is 43.9 Å². The third-order valence-electron chi connectivity index (χ3n) is 3.50. The maximum absolute atomic E-state index is 9.41. The molecule has 1 aromatic rings. The first-order valence-corrected chi connectivity index (χ1v) is 7.76. The number of benzene rings is 1. The predicted octanol–water partition coefficient (Wildman–Crippen LogP) is 2.91. The SMILES string of the molecule is CC(O)CCN(C)c1cc(Br)ccc1CNC1CC1. The highest BCUT2D eigenvalue weighted by atomic mass is 79.9. The Morgan fingerprint density at radius 1 is 1.47 bits per heavy atom. The molecule has 0 amide bonds. The topological polar surface area (TPSA) is 35.5 Å². The molecule has 1 aromatic carbocycles. The predicted molar refractivity (Wildman–Crippen MR) is 83.6 cm³/mol. The second-order valence-electron chi connectivity index (χ2n) is 5.49. The van der Waals surface area contributed by atoms with Gasteiger partial charge in [0.15, 0.2) is 0 Å². The molecule has 0 heterocycles. The van der Waals surface area contributed by atoms with E-state index in [1.807, 2.05) is 6.92 Å². The number of aliphatic hydroxyl groups excluding tert-OH is 1. The highest BCUT2D eigenvalue weighted by Gasteiger charge is 2.20. The smallest absolute Gasteiger partial charge is 0.0528 e. The molecule has 2 rings (SSSR count). The van der Waals surface area contributed by atoms with E-state index in [0.29, 0.717) is 0 Å². The lowest BCUT2D eigenvalue weighted by atomic mass is 10.1. The molecule has 0 saturated heterocycles. The van der Waals surface area contributed by atoms with Crippen LogP contribution in [0.3, 0.4) is 0 Å². The molecular formula is C15H23BrN2O. The monoisotopic (exact) mass is 326 g/mol. The number of hydrogen-bond donors (Lipinski definition) is 2. The number of rotatable bonds is 7. The van der Waals surface area contributed by atoms with Gasteiger partial charge in [0.1, 0.15) is 0 Å². The van der Waals surface area contributed by atoms with Crippen molar-refractivity contribution in [1.29, 1.82) is 0 Å². The standard InChI is InChI=1S/C15H23BrN2O/c1-11(19)7-8-18(2)15-9-13(16)4-3-12(15)10-17-14-5-6-14/h3-4,9,11,14,17,19H,5-8,10H2,1-2H3. The minimum Gasteiger partial charge on any atom is -0.393 e. The van der Waals surface area contributed by atoms with Gasteiger partial charge in [0.05, 0.1) is 6.10 Å². The summed E-state index contributed by atoms with van der Waals surface area (Å²) < 4.78 is 1.10. The maximum Gasteiger partial charge on any atom is 0.0528 e. The van der Waals surface area contributed by atoms with Gasteiger partial charge in [-0.1, -0.05) is 22.0 Å². The molecule has 3 nitrogen and oxygen atoms in total. The fourth-order valence-electron chi connectivity index (χ4n) is 2.08. The maximum atomic E-state index is 9.41. The number of hydrogen-bond acceptors (Lipinski definition) is 3. The van der Waals surface area contributed by atoms with E-state index < -0.39 is 0 Å². The Bertz CT molecular complexity index is 419. The summed E-state index contributed by atoms with van der Waals surface area (Å²) in [6.07, 6.45) is 3.16. The molecule has 19 heavy (non-hydrogen) atoms. The van der Waals surface area contributed by atoms with Crippen LogP contribution in [0.2, 0.25) is 0 Å². The second-order valence-corrected chi connectivity index (χ2v) is 6.40. The van der Waals surface area contributed by atoms with Crippen molar-refractivity contribution in [3.8, 4) is 0 Å². The van der Waals surface area contributed by atoms with Crippen molar-refractivity contribution in [2.45, 2.75) is 44.9 Å². The second kappa shape index (κ2) is 6.73. The van der Waals surface area contributed by atoms with Gasteiger partial charge in [-0.2, -0.15) is 0 Å². The van der Waals surface area contributed by atoms with Crippen LogP contribution in [-0.2, 0) is 6.54 Å². The molecule has 1 aliphatic carbocycles. The van der Waals surface area contributed by atoms with Gasteiger partial charge < -0.3 is 15.3 Å². The molecule has 1 fully saturated rings. The lowest BCUT2D eigenvalue weighted by molar-refractivity contribution is 0.187. The minimum atomic E-state index is -0.248. The Hall–Kier alpha value is -0.580. The van der Waals surface area contributed by atoms with E-state index in [-0.39, 0.29) is 6.10 Å². The van der Waals surface area contributed by atoms with Gasteiger partial charge in [0, 0.05) is 36.3 Å². The Kier molecular flexibility index (Phi) is 5.25. The molecule has 1 unspecified atom stereocenters. The van der Waals surface area contributed by atoms with Gasteiger partial charge in [-0.3, -0.25) is 0 Å². The fraction of sp³-hybridized carbons (Fsp3) is 0.600. The first-order valence-electron chi connectivity index (χ1n) is 6.97. The van der Waals surface area contributed by atoms with Crippen LogP contribution in [-0.4, -0.2) is 30.8 Å². The molecule has 1 atom stereocenters. The summed E-state index contributed by atoms with van der Waals surface area (Å²) in [5, 5.41) is 13.0. The Morgan fingerprint density at radius 3 is 2.84 bits per heavy atom. The van der Waals surface area contributed by atoms with E-state index in [1.165, 1.54) is 24.1 Å². The van der Waals surface area contributed by atoms with Crippen molar-refractivity contribution in [3.63, 3.8) is 0 Å². The fourth-order valence-corrected chi connectivity index (χ4v) is 2.43. The zero-order chi connectivity index (χ0) is 13.8. The summed E-state index contributed by atoms with van der Waals surface area (Å²) in [5.41, 5.74) is 2.56. The van der Waals surface area contributed by atoms with Crippen molar-refractivity contribution in [1.82, 2.24) is 5.32 Å². The summed E-state index contributed by atoms with van der Waals surface area (Å²) in [5.74, 6) is 0. The summed E-state index contributed by atoms with van der Waals surface area (Å²) in [4.78, 5) is 2.22. The van der Waals surface area contributed by atoms with Gasteiger partial charge in [-0.25, -0.2) is 0 Å². The van der Waals surface area contributed by atoms with Gasteiger partial charge in [0.25, 0.3) is 0 Å². The van der Waals surface area contributed by atoms with Crippen LogP contribution >= 0.6 is 15.9 Å². The molecule has 1 saturated carbocycles. The van der Waals surface area contributed by atoms with Crippen molar-refractivity contribution in [2.24, 2.45) is 0 Å². The zero-order valence-corrected chi connectivity index (χ0v) is 13.3. The molecule has 0 aromatic heterocycles. The van der Waals surface area contributed by atoms with Crippen LogP contribution in [0, 0.1) is 0 Å². The Morgan fingerprint density at radius 2 is 2.21 bits per heavy atom. The summed E-state index contributed by atoms with van der Waals surface area (Å²) in [7, 11) is 2.09. The molecule has 4 heteroatoms. The van der Waals surface area contributed by atoms with Crippen LogP contribution in [0.25, 0.3) is 0 Å². The van der Waals surface area contributed by atoms with Crippen LogP contribution < -0.4 is 10.2 Å². The number of aliphatic hydroxyl groups is 1. The number of nitrogens with zero attached hydrogens (tertiary/aromatic N) is 1. The van der Waals surface area contributed by atoms with E-state index in [0.717, 1.165) is 30.0 Å². The van der Waals surface area contributed by atoms with Crippen molar-refractivity contribution < 1.29 is 5.11 Å². The molecule has 1 aliphatic rings. The quantitative estimate of drug-likeness (QED) is 0.808. The van der Waals surface area contributed by atoms with E-state index in [4.69, 9.17) is 0 Å². The summed E-state index contributed by atoms with van der Waals surface area (Å²) in [6, 6.07) is 7.15. The molecular weight excluding hydrogens is 304 g/mol. The third kappa shape index (κ3) is 4.79. The largest absolute Gasteiger partial charge is 0.393 e. The molecule has 0 radical (unpaired) electrons. The van der Waals surface area contributed by atoms with E-state index in [1.54, 1.807) is 0 Å². The third-order valence-corrected chi connectivity index (χ3v) is 3.99. The average Bonchev–Trinajstić information content (AvgIpc) is 3.18. The van der Waals surface area contributed by atoms with Crippen molar-refractivity contribution in [2.75, 3.05) is 18.5 Å². The van der Waals surface area contributed by atoms with Gasteiger partial charge in [-0.15, -0.1) is 0 Å². The number of nitrogens with one attached hydrogen (secondary N) is 1. The zero-order valence-electron chi connectivity index (χ0n) is 11.7. The van der Waals surface area contributed by atoms with Crippen LogP contribution in [0.1, 0.15) is 31.7 Å². The molecule has 0 aliphatic heterocycles. The normalized spacial score (nSPS) is 16.4. The van der Waals surface area contributed by atoms with E-state index in [9.17, 15) is 5.11 Å². The first kappa shape index (κ1) is 14.8. The van der Waals surface area contributed by atoms with E-state index >= 15 is 0 Å². The summed E-state index contributed by atoms with van der Waals surface area (Å²) in [6.45, 7) is 3.63. The average molecular weight is 327 g/mol. The molecule has 2 N–H and O–H groups in total. The number of halogens is 1. The van der Waals surface area contributed by atoms with Crippen molar-refractivity contribution in [3.05, 3.63) is 28.2 Å². The molecule has 106 valence electrons. The number of anilines is 1. The van der Waals surface area contributed by atoms with Crippen LogP contribution in [0.5, 0.6) is 0 Å². The minimum absolute atomic E-state index is 0.248. The lowest BCUT2D eigenvalue weighted by Crippen LogP contribution is -2.24.